The van der Waals surface area contributed by atoms with E-state index in [4.69, 9.17) is 0 Å². The third kappa shape index (κ3) is 6.61. The molecule has 0 saturated heterocycles. The standard InChI is InChI=1S/C17H28N4O/c1-5-7-16(22)21-15-10-8-14(9-11-15)12-19-17(18-4)20-13(3)6-2/h8-11,13H,5-7,12H2,1-4H3,(H,21,22)(H2,18,19,20). The van der Waals surface area contributed by atoms with Crippen molar-refractivity contribution in [3.05, 3.63) is 29.8 Å². The van der Waals surface area contributed by atoms with Gasteiger partial charge < -0.3 is 16.0 Å². The van der Waals surface area contributed by atoms with Crippen LogP contribution in [0.1, 0.15) is 45.6 Å². The molecule has 22 heavy (non-hydrogen) atoms. The lowest BCUT2D eigenvalue weighted by Crippen LogP contribution is -2.41. The fraction of sp³-hybridized carbons (Fsp3) is 0.529. The second-order valence-electron chi connectivity index (χ2n) is 5.37. The van der Waals surface area contributed by atoms with Gasteiger partial charge in [-0.05, 0) is 37.5 Å². The lowest BCUT2D eigenvalue weighted by molar-refractivity contribution is -0.116. The van der Waals surface area contributed by atoms with Gasteiger partial charge in [-0.3, -0.25) is 9.79 Å². The maximum atomic E-state index is 11.5. The van der Waals surface area contributed by atoms with E-state index in [0.29, 0.717) is 19.0 Å². The largest absolute Gasteiger partial charge is 0.354 e. The topological polar surface area (TPSA) is 65.5 Å². The average molecular weight is 304 g/mol. The van der Waals surface area contributed by atoms with E-state index in [2.05, 4.69) is 34.8 Å². The Morgan fingerprint density at radius 2 is 1.91 bits per heavy atom. The van der Waals surface area contributed by atoms with Crippen LogP contribution in [0.2, 0.25) is 0 Å². The fourth-order valence-corrected chi connectivity index (χ4v) is 1.87. The van der Waals surface area contributed by atoms with Crippen molar-refractivity contribution in [2.45, 2.75) is 52.6 Å². The summed E-state index contributed by atoms with van der Waals surface area (Å²) in [6.45, 7) is 6.95. The van der Waals surface area contributed by atoms with Crippen LogP contribution in [0.15, 0.2) is 29.3 Å². The van der Waals surface area contributed by atoms with Gasteiger partial charge >= 0.3 is 0 Å². The molecule has 0 aliphatic rings. The highest BCUT2D eigenvalue weighted by atomic mass is 16.1. The first kappa shape index (κ1) is 18.0. The van der Waals surface area contributed by atoms with Gasteiger partial charge in [0.25, 0.3) is 0 Å². The lowest BCUT2D eigenvalue weighted by Gasteiger charge is -2.16. The van der Waals surface area contributed by atoms with Crippen molar-refractivity contribution in [3.8, 4) is 0 Å². The quantitative estimate of drug-likeness (QED) is 0.536. The number of carbonyl (C=O) groups is 1. The number of aliphatic imine (C=N–C) groups is 1. The van der Waals surface area contributed by atoms with E-state index >= 15 is 0 Å². The van der Waals surface area contributed by atoms with Crippen LogP contribution in [0, 0.1) is 0 Å². The van der Waals surface area contributed by atoms with Gasteiger partial charge in [-0.25, -0.2) is 0 Å². The van der Waals surface area contributed by atoms with Crippen molar-refractivity contribution in [1.82, 2.24) is 10.6 Å². The molecular weight excluding hydrogens is 276 g/mol. The fourth-order valence-electron chi connectivity index (χ4n) is 1.87. The molecule has 122 valence electrons. The summed E-state index contributed by atoms with van der Waals surface area (Å²) in [7, 11) is 1.77. The molecule has 5 nitrogen and oxygen atoms in total. The second kappa shape index (κ2) is 9.82. The molecule has 0 aliphatic carbocycles. The minimum Gasteiger partial charge on any atom is -0.354 e. The monoisotopic (exact) mass is 304 g/mol. The molecule has 0 bridgehead atoms. The Kier molecular flexibility index (Phi) is 8.04. The SMILES string of the molecule is CCCC(=O)Nc1ccc(CNC(=NC)NC(C)CC)cc1. The Bertz CT molecular complexity index is 482. The highest BCUT2D eigenvalue weighted by Crippen LogP contribution is 2.10. The molecule has 1 unspecified atom stereocenters. The normalized spacial score (nSPS) is 12.6. The number of carbonyl (C=O) groups excluding carboxylic acids is 1. The van der Waals surface area contributed by atoms with Crippen molar-refractivity contribution in [1.29, 1.82) is 0 Å². The van der Waals surface area contributed by atoms with Gasteiger partial charge in [0.05, 0.1) is 0 Å². The number of nitrogens with one attached hydrogen (secondary N) is 3. The van der Waals surface area contributed by atoms with Gasteiger partial charge in [0.2, 0.25) is 5.91 Å². The molecule has 1 atom stereocenters. The van der Waals surface area contributed by atoms with Crippen LogP contribution in [0.5, 0.6) is 0 Å². The first-order chi connectivity index (χ1) is 10.6. The maximum Gasteiger partial charge on any atom is 0.224 e. The molecular formula is C17H28N4O. The maximum absolute atomic E-state index is 11.5. The van der Waals surface area contributed by atoms with E-state index in [1.807, 2.05) is 31.2 Å². The van der Waals surface area contributed by atoms with Gasteiger partial charge in [0, 0.05) is 31.7 Å². The molecule has 0 spiro atoms. The minimum atomic E-state index is 0.0616. The average Bonchev–Trinajstić information content (AvgIpc) is 2.52. The van der Waals surface area contributed by atoms with E-state index in [0.717, 1.165) is 30.1 Å². The van der Waals surface area contributed by atoms with Crippen molar-refractivity contribution >= 4 is 17.6 Å². The summed E-state index contributed by atoms with van der Waals surface area (Å²) in [6, 6.07) is 8.25. The second-order valence-corrected chi connectivity index (χ2v) is 5.37. The highest BCUT2D eigenvalue weighted by molar-refractivity contribution is 5.90. The predicted molar refractivity (Wildman–Crippen MR) is 93.1 cm³/mol. The number of guanidine groups is 1. The zero-order valence-electron chi connectivity index (χ0n) is 14.1. The van der Waals surface area contributed by atoms with Gasteiger partial charge in [-0.15, -0.1) is 0 Å². The van der Waals surface area contributed by atoms with E-state index in [1.54, 1.807) is 7.05 Å². The smallest absolute Gasteiger partial charge is 0.224 e. The molecule has 0 aromatic heterocycles. The Morgan fingerprint density at radius 1 is 1.23 bits per heavy atom. The number of hydrogen-bond acceptors (Lipinski definition) is 2. The molecule has 0 fully saturated rings. The minimum absolute atomic E-state index is 0.0616. The van der Waals surface area contributed by atoms with Gasteiger partial charge in [-0.1, -0.05) is 26.0 Å². The molecule has 0 heterocycles. The van der Waals surface area contributed by atoms with Crippen molar-refractivity contribution in [2.75, 3.05) is 12.4 Å². The third-order valence-corrected chi connectivity index (χ3v) is 3.39. The lowest BCUT2D eigenvalue weighted by atomic mass is 10.2. The Balaban J connectivity index is 2.48. The number of amides is 1. The zero-order chi connectivity index (χ0) is 16.4. The van der Waals surface area contributed by atoms with Gasteiger partial charge in [-0.2, -0.15) is 0 Å². The Labute approximate surface area is 133 Å². The van der Waals surface area contributed by atoms with E-state index in [1.165, 1.54) is 0 Å². The molecule has 1 aromatic carbocycles. The Hall–Kier alpha value is -2.04. The number of nitrogens with zero attached hydrogens (tertiary/aromatic N) is 1. The number of anilines is 1. The van der Waals surface area contributed by atoms with Crippen molar-refractivity contribution in [3.63, 3.8) is 0 Å². The molecule has 0 saturated carbocycles. The number of benzene rings is 1. The van der Waals surface area contributed by atoms with Crippen LogP contribution in [-0.4, -0.2) is 25.0 Å². The van der Waals surface area contributed by atoms with Crippen LogP contribution in [0.3, 0.4) is 0 Å². The first-order valence-corrected chi connectivity index (χ1v) is 7.95. The predicted octanol–water partition coefficient (Wildman–Crippen LogP) is 2.89. The van der Waals surface area contributed by atoms with Gasteiger partial charge in [0.15, 0.2) is 5.96 Å². The molecule has 0 aliphatic heterocycles. The van der Waals surface area contributed by atoms with Crippen LogP contribution >= 0.6 is 0 Å². The van der Waals surface area contributed by atoms with Crippen molar-refractivity contribution < 1.29 is 4.79 Å². The highest BCUT2D eigenvalue weighted by Gasteiger charge is 2.03. The van der Waals surface area contributed by atoms with E-state index in [9.17, 15) is 4.79 Å². The van der Waals surface area contributed by atoms with Crippen LogP contribution in [0.4, 0.5) is 5.69 Å². The third-order valence-electron chi connectivity index (χ3n) is 3.39. The summed E-state index contributed by atoms with van der Waals surface area (Å²) in [5.41, 5.74) is 1.98. The number of hydrogen-bond donors (Lipinski definition) is 3. The summed E-state index contributed by atoms with van der Waals surface area (Å²) in [5.74, 6) is 0.862. The van der Waals surface area contributed by atoms with E-state index < -0.39 is 0 Å². The molecule has 1 amide bonds. The number of rotatable bonds is 7. The summed E-state index contributed by atoms with van der Waals surface area (Å²) in [4.78, 5) is 15.7. The summed E-state index contributed by atoms with van der Waals surface area (Å²) < 4.78 is 0. The zero-order valence-corrected chi connectivity index (χ0v) is 14.1. The van der Waals surface area contributed by atoms with Crippen LogP contribution in [0.25, 0.3) is 0 Å². The summed E-state index contributed by atoms with van der Waals surface area (Å²) in [5, 5.41) is 9.49. The van der Waals surface area contributed by atoms with Gasteiger partial charge in [0.1, 0.15) is 0 Å². The molecule has 0 radical (unpaired) electrons. The first-order valence-electron chi connectivity index (χ1n) is 7.95. The van der Waals surface area contributed by atoms with Crippen molar-refractivity contribution in [2.24, 2.45) is 4.99 Å². The van der Waals surface area contributed by atoms with E-state index in [-0.39, 0.29) is 5.91 Å². The molecule has 1 rings (SSSR count). The Morgan fingerprint density at radius 3 is 2.45 bits per heavy atom. The van der Waals surface area contributed by atoms with Crippen LogP contribution in [-0.2, 0) is 11.3 Å². The molecule has 5 heteroatoms. The summed E-state index contributed by atoms with van der Waals surface area (Å²) >= 11 is 0. The van der Waals surface area contributed by atoms with Crippen LogP contribution < -0.4 is 16.0 Å². The summed E-state index contributed by atoms with van der Waals surface area (Å²) in [6.07, 6.45) is 2.46. The molecule has 3 N–H and O–H groups in total. The molecule has 1 aromatic rings.